The van der Waals surface area contributed by atoms with Gasteiger partial charge in [-0.05, 0) is 25.8 Å². The van der Waals surface area contributed by atoms with Crippen molar-refractivity contribution in [2.75, 3.05) is 32.8 Å². The second-order valence-electron chi connectivity index (χ2n) is 6.69. The van der Waals surface area contributed by atoms with Gasteiger partial charge in [0.1, 0.15) is 0 Å². The molecule has 138 valence electrons. The van der Waals surface area contributed by atoms with Crippen LogP contribution in [0.5, 0.6) is 0 Å². The molecule has 2 amide bonds. The fraction of sp³-hybridized carbons (Fsp3) is 0.579. The SMILES string of the molecule is CC(C)N(CCO)C(=O)C[C@@H]1C(=O)NCCN1CCc1ccccc1. The van der Waals surface area contributed by atoms with E-state index in [1.807, 2.05) is 32.0 Å². The molecule has 25 heavy (non-hydrogen) atoms. The quantitative estimate of drug-likeness (QED) is 0.724. The molecule has 1 aromatic rings. The van der Waals surface area contributed by atoms with Crippen LogP contribution in [0, 0.1) is 0 Å². The van der Waals surface area contributed by atoms with Crippen molar-refractivity contribution < 1.29 is 14.7 Å². The van der Waals surface area contributed by atoms with E-state index in [9.17, 15) is 14.7 Å². The topological polar surface area (TPSA) is 72.9 Å². The molecule has 1 aliphatic heterocycles. The number of amides is 2. The summed E-state index contributed by atoms with van der Waals surface area (Å²) >= 11 is 0. The fourth-order valence-electron chi connectivity index (χ4n) is 3.23. The van der Waals surface area contributed by atoms with E-state index in [0.717, 1.165) is 19.5 Å². The van der Waals surface area contributed by atoms with E-state index in [-0.39, 0.29) is 30.9 Å². The lowest BCUT2D eigenvalue weighted by atomic mass is 10.1. The summed E-state index contributed by atoms with van der Waals surface area (Å²) in [5.41, 5.74) is 1.22. The number of hydrogen-bond acceptors (Lipinski definition) is 4. The van der Waals surface area contributed by atoms with E-state index in [1.54, 1.807) is 4.90 Å². The van der Waals surface area contributed by atoms with E-state index >= 15 is 0 Å². The molecule has 0 bridgehead atoms. The number of carbonyl (C=O) groups excluding carboxylic acids is 2. The van der Waals surface area contributed by atoms with Gasteiger partial charge in [0.15, 0.2) is 0 Å². The highest BCUT2D eigenvalue weighted by Gasteiger charge is 2.33. The number of aliphatic hydroxyl groups excluding tert-OH is 1. The normalized spacial score (nSPS) is 18.2. The van der Waals surface area contributed by atoms with Gasteiger partial charge < -0.3 is 15.3 Å². The second kappa shape index (κ2) is 9.53. The summed E-state index contributed by atoms with van der Waals surface area (Å²) in [5.74, 6) is -0.170. The molecule has 1 fully saturated rings. The number of hydrogen-bond donors (Lipinski definition) is 2. The van der Waals surface area contributed by atoms with Gasteiger partial charge in [-0.3, -0.25) is 14.5 Å². The summed E-state index contributed by atoms with van der Waals surface area (Å²) in [7, 11) is 0. The van der Waals surface area contributed by atoms with Crippen molar-refractivity contribution in [1.82, 2.24) is 15.1 Å². The maximum absolute atomic E-state index is 12.6. The summed E-state index contributed by atoms with van der Waals surface area (Å²) in [6.07, 6.45) is 1.00. The third-order valence-electron chi connectivity index (χ3n) is 4.62. The Kier molecular flexibility index (Phi) is 7.40. The number of nitrogens with one attached hydrogen (secondary N) is 1. The minimum atomic E-state index is -0.440. The van der Waals surface area contributed by atoms with Gasteiger partial charge in [-0.1, -0.05) is 30.3 Å². The van der Waals surface area contributed by atoms with Crippen molar-refractivity contribution in [2.45, 2.75) is 38.8 Å². The van der Waals surface area contributed by atoms with Gasteiger partial charge in [-0.25, -0.2) is 0 Å². The van der Waals surface area contributed by atoms with Gasteiger partial charge in [0, 0.05) is 32.2 Å². The van der Waals surface area contributed by atoms with E-state index < -0.39 is 6.04 Å². The second-order valence-corrected chi connectivity index (χ2v) is 6.69. The summed E-state index contributed by atoms with van der Waals surface area (Å²) in [6.45, 7) is 6.18. The average molecular weight is 347 g/mol. The molecule has 0 aliphatic carbocycles. The molecule has 1 atom stereocenters. The molecule has 2 N–H and O–H groups in total. The molecule has 0 radical (unpaired) electrons. The monoisotopic (exact) mass is 347 g/mol. The Hall–Kier alpha value is -1.92. The Morgan fingerprint density at radius 1 is 1.36 bits per heavy atom. The summed E-state index contributed by atoms with van der Waals surface area (Å²) in [5, 5.41) is 12.0. The molecule has 1 aliphatic rings. The van der Waals surface area contributed by atoms with Crippen LogP contribution in [0.4, 0.5) is 0 Å². The molecular formula is C19H29N3O3. The summed E-state index contributed by atoms with van der Waals surface area (Å²) < 4.78 is 0. The molecule has 0 aromatic heterocycles. The first-order valence-electron chi connectivity index (χ1n) is 8.99. The Labute approximate surface area is 149 Å². The minimum Gasteiger partial charge on any atom is -0.395 e. The number of rotatable bonds is 8. The largest absolute Gasteiger partial charge is 0.395 e. The molecule has 0 spiro atoms. The first kappa shape index (κ1) is 19.4. The van der Waals surface area contributed by atoms with Crippen molar-refractivity contribution in [3.63, 3.8) is 0 Å². The van der Waals surface area contributed by atoms with Crippen LogP contribution in [0.1, 0.15) is 25.8 Å². The third kappa shape index (κ3) is 5.54. The highest BCUT2D eigenvalue weighted by atomic mass is 16.3. The lowest BCUT2D eigenvalue weighted by molar-refractivity contribution is -0.140. The van der Waals surface area contributed by atoms with Crippen LogP contribution in [0.3, 0.4) is 0 Å². The van der Waals surface area contributed by atoms with Crippen LogP contribution in [0.2, 0.25) is 0 Å². The van der Waals surface area contributed by atoms with Gasteiger partial charge in [-0.2, -0.15) is 0 Å². The van der Waals surface area contributed by atoms with Crippen LogP contribution < -0.4 is 5.32 Å². The number of piperazine rings is 1. The molecule has 0 unspecified atom stereocenters. The van der Waals surface area contributed by atoms with E-state index in [0.29, 0.717) is 13.1 Å². The Bertz CT molecular complexity index is 562. The zero-order chi connectivity index (χ0) is 18.2. The van der Waals surface area contributed by atoms with Crippen LogP contribution >= 0.6 is 0 Å². The van der Waals surface area contributed by atoms with Crippen LogP contribution in [-0.4, -0.2) is 71.6 Å². The predicted molar refractivity (Wildman–Crippen MR) is 97.1 cm³/mol. The maximum atomic E-state index is 12.6. The van der Waals surface area contributed by atoms with Crippen molar-refractivity contribution >= 4 is 11.8 Å². The highest BCUT2D eigenvalue weighted by Crippen LogP contribution is 2.13. The Morgan fingerprint density at radius 3 is 2.72 bits per heavy atom. The third-order valence-corrected chi connectivity index (χ3v) is 4.62. The molecule has 1 heterocycles. The molecular weight excluding hydrogens is 318 g/mol. The zero-order valence-electron chi connectivity index (χ0n) is 15.1. The van der Waals surface area contributed by atoms with Crippen molar-refractivity contribution in [3.05, 3.63) is 35.9 Å². The lowest BCUT2D eigenvalue weighted by Gasteiger charge is -2.36. The molecule has 2 rings (SSSR count). The van der Waals surface area contributed by atoms with E-state index in [4.69, 9.17) is 0 Å². The summed E-state index contributed by atoms with van der Waals surface area (Å²) in [6, 6.07) is 9.72. The van der Waals surface area contributed by atoms with Gasteiger partial charge in [-0.15, -0.1) is 0 Å². The zero-order valence-corrected chi connectivity index (χ0v) is 15.1. The highest BCUT2D eigenvalue weighted by molar-refractivity contribution is 5.89. The number of nitrogens with zero attached hydrogens (tertiary/aromatic N) is 2. The predicted octanol–water partition coefficient (Wildman–Crippen LogP) is 0.649. The van der Waals surface area contributed by atoms with Crippen LogP contribution in [0.15, 0.2) is 30.3 Å². The standard InChI is InChI=1S/C19H29N3O3/c1-15(2)22(12-13-23)18(24)14-17-19(25)20-9-11-21(17)10-8-16-6-4-3-5-7-16/h3-7,15,17,23H,8-14H2,1-2H3,(H,20,25)/t17-/m1/s1. The minimum absolute atomic E-state index is 0.00377. The Morgan fingerprint density at radius 2 is 2.08 bits per heavy atom. The van der Waals surface area contributed by atoms with Crippen LogP contribution in [-0.2, 0) is 16.0 Å². The fourth-order valence-corrected chi connectivity index (χ4v) is 3.23. The van der Waals surface area contributed by atoms with Gasteiger partial charge in [0.25, 0.3) is 0 Å². The summed E-state index contributed by atoms with van der Waals surface area (Å²) in [4.78, 5) is 28.7. The lowest BCUT2D eigenvalue weighted by Crippen LogP contribution is -2.57. The first-order chi connectivity index (χ1) is 12.0. The first-order valence-corrected chi connectivity index (χ1v) is 8.99. The maximum Gasteiger partial charge on any atom is 0.237 e. The van der Waals surface area contributed by atoms with Crippen molar-refractivity contribution in [1.29, 1.82) is 0 Å². The molecule has 0 saturated carbocycles. The van der Waals surface area contributed by atoms with Gasteiger partial charge >= 0.3 is 0 Å². The van der Waals surface area contributed by atoms with Crippen molar-refractivity contribution in [2.24, 2.45) is 0 Å². The van der Waals surface area contributed by atoms with Gasteiger partial charge in [0.05, 0.1) is 19.1 Å². The number of aliphatic hydroxyl groups is 1. The molecule has 6 nitrogen and oxygen atoms in total. The number of carbonyl (C=O) groups is 2. The van der Waals surface area contributed by atoms with Crippen molar-refractivity contribution in [3.8, 4) is 0 Å². The Balaban J connectivity index is 2.00. The number of benzene rings is 1. The average Bonchev–Trinajstić information content (AvgIpc) is 2.60. The molecule has 6 heteroatoms. The van der Waals surface area contributed by atoms with E-state index in [2.05, 4.69) is 22.3 Å². The van der Waals surface area contributed by atoms with Crippen LogP contribution in [0.25, 0.3) is 0 Å². The van der Waals surface area contributed by atoms with Gasteiger partial charge in [0.2, 0.25) is 11.8 Å². The van der Waals surface area contributed by atoms with E-state index in [1.165, 1.54) is 5.56 Å². The molecule has 1 aromatic carbocycles. The molecule has 1 saturated heterocycles. The smallest absolute Gasteiger partial charge is 0.237 e.